The van der Waals surface area contributed by atoms with Gasteiger partial charge in [-0.3, -0.25) is 0 Å². The molecule has 1 aromatic heterocycles. The van der Waals surface area contributed by atoms with Gasteiger partial charge in [-0.1, -0.05) is 140 Å². The number of thioether (sulfide) groups is 1. The summed E-state index contributed by atoms with van der Waals surface area (Å²) in [7, 11) is 0. The van der Waals surface area contributed by atoms with Gasteiger partial charge in [-0.05, 0) is 97.5 Å². The predicted octanol–water partition coefficient (Wildman–Crippen LogP) is 12.1. The van der Waals surface area contributed by atoms with Crippen LogP contribution in [0.4, 0.5) is 0 Å². The van der Waals surface area contributed by atoms with Gasteiger partial charge in [-0.15, -0.1) is 0 Å². The standard InChI is InChI=1S/C49H33N3S/c1-29(51-43-18-7-4-15-40(43)49(50)39-26-25-38-33-12-3-2-11-32(33)36-16-10-17-37(39)48(36)38)30-21-23-31(24-22-30)52-44-19-8-5-13-34(44)41-27-42-35-14-6-9-20-46(35)53-47(42)28-45(41)52/h2-26,28,42H,1,27,50H2/b49-40-,51-43-. The Morgan fingerprint density at radius 3 is 2.30 bits per heavy atom. The summed E-state index contributed by atoms with van der Waals surface area (Å²) >= 11 is 1.92. The van der Waals surface area contributed by atoms with E-state index in [0.29, 0.717) is 17.3 Å². The summed E-state index contributed by atoms with van der Waals surface area (Å²) in [5.74, 6) is 0.429. The highest BCUT2D eigenvalue weighted by Gasteiger charge is 2.34. The maximum atomic E-state index is 7.07. The van der Waals surface area contributed by atoms with E-state index in [1.807, 2.05) is 30.0 Å². The highest BCUT2D eigenvalue weighted by Crippen LogP contribution is 2.54. The van der Waals surface area contributed by atoms with Crippen molar-refractivity contribution >= 4 is 56.6 Å². The van der Waals surface area contributed by atoms with Crippen molar-refractivity contribution < 1.29 is 0 Å². The fraction of sp³-hybridized carbons (Fsp3) is 0.0408. The number of fused-ring (bicyclic) bond motifs is 9. The monoisotopic (exact) mass is 695 g/mol. The lowest BCUT2D eigenvalue weighted by Gasteiger charge is -2.20. The molecule has 7 aromatic rings. The highest BCUT2D eigenvalue weighted by atomic mass is 32.2. The summed E-state index contributed by atoms with van der Waals surface area (Å²) in [6, 6.07) is 45.9. The minimum Gasteiger partial charge on any atom is -0.398 e. The number of nitrogens with two attached hydrogens (primary N) is 1. The van der Waals surface area contributed by atoms with E-state index in [1.54, 1.807) is 0 Å². The van der Waals surface area contributed by atoms with E-state index >= 15 is 0 Å². The van der Waals surface area contributed by atoms with Crippen LogP contribution >= 0.6 is 11.8 Å². The lowest BCUT2D eigenvalue weighted by Crippen LogP contribution is -2.10. The van der Waals surface area contributed by atoms with E-state index in [-0.39, 0.29) is 0 Å². The third kappa shape index (κ3) is 4.52. The van der Waals surface area contributed by atoms with Crippen LogP contribution in [-0.4, -0.2) is 10.3 Å². The van der Waals surface area contributed by atoms with Crippen LogP contribution in [0.25, 0.3) is 67.1 Å². The van der Waals surface area contributed by atoms with Gasteiger partial charge in [-0.2, -0.15) is 0 Å². The number of nitrogens with zero attached hydrogens (tertiary/aromatic N) is 2. The molecule has 1 aliphatic heterocycles. The zero-order chi connectivity index (χ0) is 35.2. The Balaban J connectivity index is 0.946. The van der Waals surface area contributed by atoms with E-state index in [9.17, 15) is 0 Å². The molecule has 2 N–H and O–H groups in total. The van der Waals surface area contributed by atoms with Crippen molar-refractivity contribution in [2.75, 3.05) is 0 Å². The molecule has 0 bridgehead atoms. The first-order valence-corrected chi connectivity index (χ1v) is 18.9. The summed E-state index contributed by atoms with van der Waals surface area (Å²) in [5.41, 5.74) is 23.7. The van der Waals surface area contributed by atoms with Gasteiger partial charge in [0.1, 0.15) is 0 Å². The number of rotatable bonds is 4. The maximum Gasteiger partial charge on any atom is 0.0730 e. The molecule has 4 heteroatoms. The highest BCUT2D eigenvalue weighted by molar-refractivity contribution is 8.03. The zero-order valence-corrected chi connectivity index (χ0v) is 29.7. The van der Waals surface area contributed by atoms with Crippen molar-refractivity contribution in [2.45, 2.75) is 17.2 Å². The Labute approximate surface area is 312 Å². The molecule has 3 nitrogen and oxygen atoms in total. The smallest absolute Gasteiger partial charge is 0.0730 e. The Kier molecular flexibility index (Phi) is 6.61. The summed E-state index contributed by atoms with van der Waals surface area (Å²) in [6.45, 7) is 4.43. The molecule has 2 heterocycles. The topological polar surface area (TPSA) is 43.3 Å². The van der Waals surface area contributed by atoms with Crippen LogP contribution in [0.2, 0.25) is 0 Å². The van der Waals surface area contributed by atoms with E-state index in [2.05, 4.69) is 151 Å². The Morgan fingerprint density at radius 1 is 0.717 bits per heavy atom. The second kappa shape index (κ2) is 11.6. The van der Waals surface area contributed by atoms with Crippen LogP contribution in [0, 0.1) is 0 Å². The molecule has 53 heavy (non-hydrogen) atoms. The van der Waals surface area contributed by atoms with Gasteiger partial charge in [0.2, 0.25) is 0 Å². The zero-order valence-electron chi connectivity index (χ0n) is 28.9. The number of hydrogen-bond acceptors (Lipinski definition) is 3. The summed E-state index contributed by atoms with van der Waals surface area (Å²) < 4.78 is 2.42. The summed E-state index contributed by atoms with van der Waals surface area (Å²) in [5, 5.41) is 3.73. The third-order valence-corrected chi connectivity index (χ3v) is 12.5. The fourth-order valence-corrected chi connectivity index (χ4v) is 10.1. The van der Waals surface area contributed by atoms with Crippen molar-refractivity contribution in [1.29, 1.82) is 0 Å². The first kappa shape index (κ1) is 30.3. The quantitative estimate of drug-likeness (QED) is 0.199. The second-order valence-electron chi connectivity index (χ2n) is 14.1. The lowest BCUT2D eigenvalue weighted by molar-refractivity contribution is 0.811. The number of aromatic nitrogens is 1. The van der Waals surface area contributed by atoms with Gasteiger partial charge in [0.25, 0.3) is 0 Å². The molecular formula is C49H33N3S. The molecule has 0 spiro atoms. The number of aliphatic imine (C=N–C) groups is 1. The van der Waals surface area contributed by atoms with Crippen LogP contribution in [0.3, 0.4) is 0 Å². The van der Waals surface area contributed by atoms with Crippen molar-refractivity contribution in [2.24, 2.45) is 10.7 Å². The summed E-state index contributed by atoms with van der Waals surface area (Å²) in [4.78, 5) is 7.91. The van der Waals surface area contributed by atoms with E-state index < -0.39 is 0 Å². The minimum atomic E-state index is 0.429. The molecule has 0 fully saturated rings. The molecule has 0 amide bonds. The van der Waals surface area contributed by atoms with Gasteiger partial charge >= 0.3 is 0 Å². The van der Waals surface area contributed by atoms with Crippen molar-refractivity contribution in [3.8, 4) is 27.9 Å². The van der Waals surface area contributed by atoms with Crippen LogP contribution in [-0.2, 0) is 6.42 Å². The molecule has 1 unspecified atom stereocenters. The van der Waals surface area contributed by atoms with Crippen LogP contribution in [0.5, 0.6) is 0 Å². The number of benzene rings is 6. The van der Waals surface area contributed by atoms with E-state index in [4.69, 9.17) is 10.7 Å². The second-order valence-corrected chi connectivity index (χ2v) is 15.2. The average Bonchev–Trinajstić information content (AvgIpc) is 3.85. The molecule has 0 saturated heterocycles. The molecular weight excluding hydrogens is 663 g/mol. The fourth-order valence-electron chi connectivity index (χ4n) is 8.86. The van der Waals surface area contributed by atoms with Crippen molar-refractivity contribution in [1.82, 2.24) is 4.57 Å². The largest absolute Gasteiger partial charge is 0.398 e. The lowest BCUT2D eigenvalue weighted by atomic mass is 9.86. The van der Waals surface area contributed by atoms with Crippen molar-refractivity contribution in [3.63, 3.8) is 0 Å². The molecule has 6 aromatic carbocycles. The Morgan fingerprint density at radius 2 is 1.43 bits per heavy atom. The van der Waals surface area contributed by atoms with Crippen LogP contribution < -0.4 is 5.73 Å². The number of hydrogen-bond donors (Lipinski definition) is 1. The van der Waals surface area contributed by atoms with Gasteiger partial charge in [0.15, 0.2) is 0 Å². The molecule has 0 radical (unpaired) electrons. The minimum absolute atomic E-state index is 0.429. The number of allylic oxidation sites excluding steroid dienone is 6. The molecule has 1 atom stereocenters. The number of para-hydroxylation sites is 1. The predicted molar refractivity (Wildman–Crippen MR) is 224 cm³/mol. The summed E-state index contributed by atoms with van der Waals surface area (Å²) in [6.07, 6.45) is 11.6. The van der Waals surface area contributed by atoms with E-state index in [0.717, 1.165) is 39.9 Å². The molecule has 0 saturated carbocycles. The molecule has 11 rings (SSSR count). The molecule has 250 valence electrons. The van der Waals surface area contributed by atoms with Gasteiger partial charge < -0.3 is 10.3 Å². The van der Waals surface area contributed by atoms with Gasteiger partial charge in [0.05, 0.1) is 22.6 Å². The van der Waals surface area contributed by atoms with Gasteiger partial charge in [0, 0.05) is 38.7 Å². The van der Waals surface area contributed by atoms with Crippen molar-refractivity contribution in [3.05, 3.63) is 197 Å². The SMILES string of the molecule is C=C(/N=C1/C=CC=C/C1=C(/N)c1ccc2c3c(cccc13)-c1ccccc1-2)c1ccc(-n2c3c(c4ccccc42)CC2C(=C3)Sc3ccccc32)cc1. The van der Waals surface area contributed by atoms with Gasteiger partial charge in [-0.25, -0.2) is 4.99 Å². The maximum absolute atomic E-state index is 7.07. The Hall–Kier alpha value is -6.36. The molecule has 4 aliphatic rings. The first-order chi connectivity index (χ1) is 26.1. The third-order valence-electron chi connectivity index (χ3n) is 11.3. The molecule has 3 aliphatic carbocycles. The first-order valence-electron chi connectivity index (χ1n) is 18.1. The van der Waals surface area contributed by atoms with Crippen LogP contribution in [0.15, 0.2) is 179 Å². The average molecular weight is 696 g/mol. The normalized spacial score (nSPS) is 17.8. The Bertz CT molecular complexity index is 2880. The van der Waals surface area contributed by atoms with Crippen LogP contribution in [0.1, 0.15) is 33.9 Å². The van der Waals surface area contributed by atoms with E-state index in [1.165, 1.54) is 65.2 Å².